The van der Waals surface area contributed by atoms with Gasteiger partial charge in [-0.25, -0.2) is 0 Å². The second kappa shape index (κ2) is 2.34. The third kappa shape index (κ3) is 1.05. The van der Waals surface area contributed by atoms with Crippen LogP contribution in [-0.4, -0.2) is 0 Å². The lowest BCUT2D eigenvalue weighted by Crippen LogP contribution is -2.31. The van der Waals surface area contributed by atoms with Gasteiger partial charge in [-0.1, -0.05) is 12.2 Å². The fourth-order valence-corrected chi connectivity index (χ4v) is 1.67. The summed E-state index contributed by atoms with van der Waals surface area (Å²) >= 11 is 3.26. The first-order valence-electron chi connectivity index (χ1n) is 3.35. The highest BCUT2D eigenvalue weighted by Crippen LogP contribution is 2.19. The second-order valence-electron chi connectivity index (χ2n) is 2.49. The number of nitrogens with zero attached hydrogens (tertiary/aromatic N) is 1. The molecule has 0 bridgehead atoms. The molecule has 1 aromatic heterocycles. The first-order chi connectivity index (χ1) is 5.27. The summed E-state index contributed by atoms with van der Waals surface area (Å²) in [6, 6.07) is 1.95. The first-order valence-corrected chi connectivity index (χ1v) is 4.15. The molecular formula is C8H6BrNO. The topological polar surface area (TPSA) is 26.9 Å². The molecule has 0 unspecified atom stereocenters. The van der Waals surface area contributed by atoms with Crippen LogP contribution in [0.2, 0.25) is 0 Å². The molecule has 0 spiro atoms. The van der Waals surface area contributed by atoms with Crippen molar-refractivity contribution < 1.29 is 4.73 Å². The number of hydrogen-bond donors (Lipinski definition) is 0. The summed E-state index contributed by atoms with van der Waals surface area (Å²) in [5, 5.41) is 11.2. The van der Waals surface area contributed by atoms with Gasteiger partial charge in [0.2, 0.25) is 5.69 Å². The molecule has 0 atom stereocenters. The van der Waals surface area contributed by atoms with Crippen molar-refractivity contribution in [2.24, 2.45) is 0 Å². The molecule has 56 valence electrons. The number of halogens is 1. The molecule has 1 aliphatic carbocycles. The van der Waals surface area contributed by atoms with Crippen LogP contribution in [-0.2, 0) is 6.42 Å². The van der Waals surface area contributed by atoms with Gasteiger partial charge in [0.25, 0.3) is 0 Å². The van der Waals surface area contributed by atoms with Gasteiger partial charge in [-0.2, -0.15) is 4.73 Å². The Morgan fingerprint density at radius 3 is 3.18 bits per heavy atom. The average molecular weight is 212 g/mol. The second-order valence-corrected chi connectivity index (χ2v) is 3.41. The highest BCUT2D eigenvalue weighted by molar-refractivity contribution is 9.10. The molecule has 0 N–H and O–H groups in total. The third-order valence-electron chi connectivity index (χ3n) is 1.74. The van der Waals surface area contributed by atoms with Crippen LogP contribution >= 0.6 is 15.9 Å². The zero-order valence-electron chi connectivity index (χ0n) is 5.75. The normalized spacial score (nSPS) is 13.5. The zero-order valence-corrected chi connectivity index (χ0v) is 7.34. The maximum atomic E-state index is 11.2. The minimum Gasteiger partial charge on any atom is -0.618 e. The molecule has 0 saturated carbocycles. The third-order valence-corrected chi connectivity index (χ3v) is 2.18. The lowest BCUT2D eigenvalue weighted by molar-refractivity contribution is -0.613. The van der Waals surface area contributed by atoms with Crippen molar-refractivity contribution in [2.45, 2.75) is 6.42 Å². The quantitative estimate of drug-likeness (QED) is 0.474. The SMILES string of the molecule is [O-][n+]1cc(Br)cc2c1CC=C2. The minimum absolute atomic E-state index is 0.756. The Bertz CT molecular complexity index is 333. The highest BCUT2D eigenvalue weighted by Gasteiger charge is 2.14. The molecular weight excluding hydrogens is 206 g/mol. The Kier molecular flexibility index (Phi) is 1.46. The van der Waals surface area contributed by atoms with Gasteiger partial charge < -0.3 is 5.21 Å². The van der Waals surface area contributed by atoms with E-state index in [1.807, 2.05) is 18.2 Å². The van der Waals surface area contributed by atoms with Gasteiger partial charge in [-0.15, -0.1) is 0 Å². The van der Waals surface area contributed by atoms with Crippen LogP contribution in [0.25, 0.3) is 6.08 Å². The van der Waals surface area contributed by atoms with E-state index in [-0.39, 0.29) is 0 Å². The number of allylic oxidation sites excluding steroid dienone is 1. The van der Waals surface area contributed by atoms with Crippen LogP contribution in [0.5, 0.6) is 0 Å². The molecule has 1 aromatic rings. The molecule has 0 radical (unpaired) electrons. The summed E-state index contributed by atoms with van der Waals surface area (Å²) in [5.41, 5.74) is 1.86. The Hall–Kier alpha value is -0.830. The molecule has 0 aromatic carbocycles. The van der Waals surface area contributed by atoms with E-state index in [1.165, 1.54) is 6.20 Å². The van der Waals surface area contributed by atoms with Gasteiger partial charge in [0.1, 0.15) is 0 Å². The van der Waals surface area contributed by atoms with Crippen molar-refractivity contribution in [3.8, 4) is 0 Å². The lowest BCUT2D eigenvalue weighted by Gasteiger charge is -2.02. The largest absolute Gasteiger partial charge is 0.618 e. The minimum atomic E-state index is 0.756. The van der Waals surface area contributed by atoms with Gasteiger partial charge >= 0.3 is 0 Å². The van der Waals surface area contributed by atoms with E-state index in [4.69, 9.17) is 0 Å². The van der Waals surface area contributed by atoms with Gasteiger partial charge in [0.05, 0.1) is 10.9 Å². The fraction of sp³-hybridized carbons (Fsp3) is 0.125. The van der Waals surface area contributed by atoms with E-state index < -0.39 is 0 Å². The van der Waals surface area contributed by atoms with Crippen LogP contribution in [0.4, 0.5) is 0 Å². The molecule has 0 aliphatic heterocycles. The van der Waals surface area contributed by atoms with Crippen LogP contribution in [0.1, 0.15) is 11.3 Å². The monoisotopic (exact) mass is 211 g/mol. The van der Waals surface area contributed by atoms with E-state index >= 15 is 0 Å². The maximum absolute atomic E-state index is 11.2. The molecule has 1 heterocycles. The average Bonchev–Trinajstić information content (AvgIpc) is 2.34. The predicted molar refractivity (Wildman–Crippen MR) is 45.8 cm³/mol. The van der Waals surface area contributed by atoms with Crippen LogP contribution < -0.4 is 4.73 Å². The van der Waals surface area contributed by atoms with Crippen LogP contribution in [0.3, 0.4) is 0 Å². The summed E-state index contributed by atoms with van der Waals surface area (Å²) in [5.74, 6) is 0. The van der Waals surface area contributed by atoms with Crippen LogP contribution in [0.15, 0.2) is 22.8 Å². The molecule has 3 heteroatoms. The van der Waals surface area contributed by atoms with E-state index in [2.05, 4.69) is 15.9 Å². The fourth-order valence-electron chi connectivity index (χ4n) is 1.24. The summed E-state index contributed by atoms with van der Waals surface area (Å²) in [6.07, 6.45) is 6.25. The molecule has 2 rings (SSSR count). The maximum Gasteiger partial charge on any atom is 0.203 e. The van der Waals surface area contributed by atoms with Crippen molar-refractivity contribution in [3.63, 3.8) is 0 Å². The Morgan fingerprint density at radius 1 is 1.55 bits per heavy atom. The van der Waals surface area contributed by atoms with Gasteiger partial charge in [0.15, 0.2) is 6.20 Å². The Balaban J connectivity index is 2.66. The molecule has 2 nitrogen and oxygen atoms in total. The van der Waals surface area contributed by atoms with E-state index in [9.17, 15) is 5.21 Å². The number of aromatic nitrogens is 1. The zero-order chi connectivity index (χ0) is 7.84. The highest BCUT2D eigenvalue weighted by atomic mass is 79.9. The van der Waals surface area contributed by atoms with Crippen molar-refractivity contribution in [1.29, 1.82) is 0 Å². The van der Waals surface area contributed by atoms with E-state index in [0.717, 1.165) is 26.9 Å². The summed E-state index contributed by atoms with van der Waals surface area (Å²) in [4.78, 5) is 0. The number of fused-ring (bicyclic) bond motifs is 1. The molecule has 11 heavy (non-hydrogen) atoms. The number of rotatable bonds is 0. The summed E-state index contributed by atoms with van der Waals surface area (Å²) < 4.78 is 1.75. The van der Waals surface area contributed by atoms with Crippen molar-refractivity contribution >= 4 is 22.0 Å². The Morgan fingerprint density at radius 2 is 2.36 bits per heavy atom. The molecule has 0 amide bonds. The van der Waals surface area contributed by atoms with Gasteiger partial charge in [-0.3, -0.25) is 0 Å². The first kappa shape index (κ1) is 6.85. The molecule has 0 saturated heterocycles. The van der Waals surface area contributed by atoms with Gasteiger partial charge in [0, 0.05) is 5.56 Å². The molecule has 1 aliphatic rings. The Labute approximate surface area is 72.9 Å². The number of pyridine rings is 1. The standard InChI is InChI=1S/C8H6BrNO/c9-7-4-6-2-1-3-8(6)10(11)5-7/h1-2,4-5H,3H2. The predicted octanol–water partition coefficient (Wildman–Crippen LogP) is 1.65. The van der Waals surface area contributed by atoms with Crippen molar-refractivity contribution in [2.75, 3.05) is 0 Å². The van der Waals surface area contributed by atoms with Crippen LogP contribution in [0, 0.1) is 5.21 Å². The lowest BCUT2D eigenvalue weighted by atomic mass is 10.2. The summed E-state index contributed by atoms with van der Waals surface area (Å²) in [7, 11) is 0. The number of hydrogen-bond acceptors (Lipinski definition) is 1. The van der Waals surface area contributed by atoms with Crippen molar-refractivity contribution in [3.05, 3.63) is 39.3 Å². The van der Waals surface area contributed by atoms with Gasteiger partial charge in [-0.05, 0) is 22.0 Å². The smallest absolute Gasteiger partial charge is 0.203 e. The van der Waals surface area contributed by atoms with E-state index in [0.29, 0.717) is 0 Å². The summed E-state index contributed by atoms with van der Waals surface area (Å²) in [6.45, 7) is 0. The molecule has 0 fully saturated rings. The van der Waals surface area contributed by atoms with Crippen molar-refractivity contribution in [1.82, 2.24) is 0 Å². The van der Waals surface area contributed by atoms with E-state index in [1.54, 1.807) is 0 Å².